The number of hydrogen-bond acceptors (Lipinski definition) is 5. The number of carbonyl (C=O) groups is 2. The fourth-order valence-corrected chi connectivity index (χ4v) is 4.80. The largest absolute Gasteiger partial charge is 0.352 e. The van der Waals surface area contributed by atoms with Crippen LogP contribution in [-0.2, 0) is 9.59 Å². The molecule has 7 nitrogen and oxygen atoms in total. The Labute approximate surface area is 162 Å². The van der Waals surface area contributed by atoms with Crippen molar-refractivity contribution in [3.8, 4) is 11.4 Å². The lowest BCUT2D eigenvalue weighted by Gasteiger charge is -2.22. The summed E-state index contributed by atoms with van der Waals surface area (Å²) in [5, 5.41) is 13.5. The SMILES string of the molecule is CC(=O)Nc1cccc(-c2nc(SCC(=O)N[C@H]3C[C@H]4CC[C@H]3C4)n[nH]2)c1. The molecule has 8 heteroatoms. The summed E-state index contributed by atoms with van der Waals surface area (Å²) in [4.78, 5) is 27.9. The number of aromatic amines is 1. The fourth-order valence-electron chi connectivity index (χ4n) is 4.19. The maximum absolute atomic E-state index is 12.2. The molecule has 2 aliphatic carbocycles. The maximum atomic E-state index is 12.2. The van der Waals surface area contributed by atoms with E-state index in [0.717, 1.165) is 17.9 Å². The summed E-state index contributed by atoms with van der Waals surface area (Å²) in [7, 11) is 0. The molecule has 1 aromatic heterocycles. The van der Waals surface area contributed by atoms with Gasteiger partial charge in [0.15, 0.2) is 5.82 Å². The molecule has 3 N–H and O–H groups in total. The molecule has 2 bridgehead atoms. The fraction of sp³-hybridized carbons (Fsp3) is 0.474. The first-order valence-corrected chi connectivity index (χ1v) is 10.3. The van der Waals surface area contributed by atoms with Gasteiger partial charge in [0.05, 0.1) is 5.75 Å². The van der Waals surface area contributed by atoms with E-state index >= 15 is 0 Å². The van der Waals surface area contributed by atoms with E-state index in [9.17, 15) is 9.59 Å². The second-order valence-corrected chi connectivity index (χ2v) is 8.31. The number of benzene rings is 1. The quantitative estimate of drug-likeness (QED) is 0.664. The smallest absolute Gasteiger partial charge is 0.230 e. The average Bonchev–Trinajstić information content (AvgIpc) is 3.36. The van der Waals surface area contributed by atoms with E-state index in [2.05, 4.69) is 25.8 Å². The zero-order valence-electron chi connectivity index (χ0n) is 15.2. The number of nitrogens with one attached hydrogen (secondary N) is 3. The van der Waals surface area contributed by atoms with Gasteiger partial charge in [-0.15, -0.1) is 5.10 Å². The van der Waals surface area contributed by atoms with Crippen LogP contribution in [0.5, 0.6) is 0 Å². The van der Waals surface area contributed by atoms with Crippen molar-refractivity contribution in [2.45, 2.75) is 43.8 Å². The van der Waals surface area contributed by atoms with Gasteiger partial charge in [0.25, 0.3) is 0 Å². The highest BCUT2D eigenvalue weighted by atomic mass is 32.2. The molecule has 1 aromatic carbocycles. The van der Waals surface area contributed by atoms with E-state index in [0.29, 0.717) is 34.4 Å². The lowest BCUT2D eigenvalue weighted by molar-refractivity contribution is -0.119. The Hall–Kier alpha value is -2.35. The highest BCUT2D eigenvalue weighted by Gasteiger charge is 2.39. The lowest BCUT2D eigenvalue weighted by atomic mass is 9.95. The molecule has 0 aliphatic heterocycles. The molecule has 1 heterocycles. The molecule has 2 amide bonds. The summed E-state index contributed by atoms with van der Waals surface area (Å²) < 4.78 is 0. The van der Waals surface area contributed by atoms with Gasteiger partial charge in [-0.2, -0.15) is 0 Å². The molecule has 2 saturated carbocycles. The van der Waals surface area contributed by atoms with Crippen LogP contribution in [0.1, 0.15) is 32.6 Å². The topological polar surface area (TPSA) is 99.8 Å². The van der Waals surface area contributed by atoms with E-state index in [4.69, 9.17) is 0 Å². The molecule has 3 atom stereocenters. The Morgan fingerprint density at radius 2 is 2.19 bits per heavy atom. The number of hydrogen-bond donors (Lipinski definition) is 3. The van der Waals surface area contributed by atoms with Crippen LogP contribution in [0.15, 0.2) is 29.4 Å². The van der Waals surface area contributed by atoms with Crippen LogP contribution in [0.4, 0.5) is 5.69 Å². The van der Waals surface area contributed by atoms with Crippen LogP contribution in [0.2, 0.25) is 0 Å². The second-order valence-electron chi connectivity index (χ2n) is 7.37. The van der Waals surface area contributed by atoms with Crippen molar-refractivity contribution in [2.75, 3.05) is 11.1 Å². The minimum absolute atomic E-state index is 0.0524. The zero-order valence-corrected chi connectivity index (χ0v) is 16.0. The average molecular weight is 385 g/mol. The summed E-state index contributed by atoms with van der Waals surface area (Å²) in [6.45, 7) is 1.47. The van der Waals surface area contributed by atoms with Gasteiger partial charge in [-0.05, 0) is 43.2 Å². The predicted octanol–water partition coefficient (Wildman–Crippen LogP) is 2.83. The summed E-state index contributed by atoms with van der Waals surface area (Å²) in [6, 6.07) is 7.74. The van der Waals surface area contributed by atoms with E-state index in [-0.39, 0.29) is 11.8 Å². The molecule has 27 heavy (non-hydrogen) atoms. The van der Waals surface area contributed by atoms with Crippen LogP contribution in [-0.4, -0.2) is 38.8 Å². The first kappa shape index (κ1) is 18.0. The Bertz CT molecular complexity index is 852. The van der Waals surface area contributed by atoms with E-state index in [1.54, 1.807) is 0 Å². The number of H-pyrrole nitrogens is 1. The van der Waals surface area contributed by atoms with Crippen molar-refractivity contribution in [3.63, 3.8) is 0 Å². The standard InChI is InChI=1S/C19H23N5O2S/c1-11(25)20-15-4-2-3-14(9-15)18-22-19(24-23-18)27-10-17(26)21-16-8-12-5-6-13(16)7-12/h2-4,9,12-13,16H,5-8,10H2,1H3,(H,20,25)(H,21,26)(H,22,23,24)/t12-,13-,16-/m0/s1. The number of rotatable bonds is 6. The molecule has 0 radical (unpaired) electrons. The molecule has 2 fully saturated rings. The zero-order chi connectivity index (χ0) is 18.8. The first-order valence-electron chi connectivity index (χ1n) is 9.29. The van der Waals surface area contributed by atoms with Crippen LogP contribution in [0.25, 0.3) is 11.4 Å². The molecular weight excluding hydrogens is 362 g/mol. The minimum Gasteiger partial charge on any atom is -0.352 e. The molecule has 4 rings (SSSR count). The van der Waals surface area contributed by atoms with Crippen molar-refractivity contribution >= 4 is 29.3 Å². The van der Waals surface area contributed by atoms with Gasteiger partial charge >= 0.3 is 0 Å². The van der Waals surface area contributed by atoms with Crippen LogP contribution in [0.3, 0.4) is 0 Å². The highest BCUT2D eigenvalue weighted by molar-refractivity contribution is 7.99. The number of amides is 2. The van der Waals surface area contributed by atoms with Crippen molar-refractivity contribution in [1.29, 1.82) is 0 Å². The summed E-state index contributed by atoms with van der Waals surface area (Å²) in [6.07, 6.45) is 5.00. The number of anilines is 1. The van der Waals surface area contributed by atoms with Gasteiger partial charge in [-0.3, -0.25) is 14.7 Å². The molecule has 0 unspecified atom stereocenters. The van der Waals surface area contributed by atoms with Crippen molar-refractivity contribution in [3.05, 3.63) is 24.3 Å². The van der Waals surface area contributed by atoms with Crippen molar-refractivity contribution in [1.82, 2.24) is 20.5 Å². The van der Waals surface area contributed by atoms with Gasteiger partial charge in [-0.1, -0.05) is 30.3 Å². The Morgan fingerprint density at radius 3 is 2.93 bits per heavy atom. The number of aromatic nitrogens is 3. The van der Waals surface area contributed by atoms with Gasteiger partial charge in [0, 0.05) is 24.2 Å². The molecule has 142 valence electrons. The Morgan fingerprint density at radius 1 is 1.30 bits per heavy atom. The van der Waals surface area contributed by atoms with Gasteiger partial charge in [0.2, 0.25) is 17.0 Å². The van der Waals surface area contributed by atoms with Gasteiger partial charge in [-0.25, -0.2) is 4.98 Å². The summed E-state index contributed by atoms with van der Waals surface area (Å²) in [5.41, 5.74) is 1.53. The third kappa shape index (κ3) is 4.32. The third-order valence-electron chi connectivity index (χ3n) is 5.34. The number of thioether (sulfide) groups is 1. The van der Waals surface area contributed by atoms with Crippen molar-refractivity contribution in [2.24, 2.45) is 11.8 Å². The Kier molecular flexibility index (Phi) is 5.15. The Balaban J connectivity index is 1.31. The minimum atomic E-state index is -0.123. The summed E-state index contributed by atoms with van der Waals surface area (Å²) >= 11 is 1.33. The molecular formula is C19H23N5O2S. The predicted molar refractivity (Wildman–Crippen MR) is 104 cm³/mol. The second kappa shape index (κ2) is 7.72. The van der Waals surface area contributed by atoms with Crippen LogP contribution < -0.4 is 10.6 Å². The van der Waals surface area contributed by atoms with Crippen molar-refractivity contribution < 1.29 is 9.59 Å². The van der Waals surface area contributed by atoms with Crippen LogP contribution >= 0.6 is 11.8 Å². The lowest BCUT2D eigenvalue weighted by Crippen LogP contribution is -2.39. The molecule has 0 spiro atoms. The number of carbonyl (C=O) groups excluding carboxylic acids is 2. The van der Waals surface area contributed by atoms with E-state index in [1.807, 2.05) is 24.3 Å². The third-order valence-corrected chi connectivity index (χ3v) is 6.19. The molecule has 0 saturated heterocycles. The molecule has 2 aromatic rings. The normalized spacial score (nSPS) is 23.4. The van der Waals surface area contributed by atoms with E-state index < -0.39 is 0 Å². The molecule has 2 aliphatic rings. The maximum Gasteiger partial charge on any atom is 0.230 e. The van der Waals surface area contributed by atoms with Gasteiger partial charge in [0.1, 0.15) is 0 Å². The first-order chi connectivity index (χ1) is 13.1. The van der Waals surface area contributed by atoms with Crippen LogP contribution in [0, 0.1) is 11.8 Å². The number of nitrogens with zero attached hydrogens (tertiary/aromatic N) is 2. The number of fused-ring (bicyclic) bond motifs is 2. The summed E-state index contributed by atoms with van der Waals surface area (Å²) in [5.74, 6) is 2.35. The monoisotopic (exact) mass is 385 g/mol. The van der Waals surface area contributed by atoms with Gasteiger partial charge < -0.3 is 10.6 Å². The highest BCUT2D eigenvalue weighted by Crippen LogP contribution is 2.44. The van der Waals surface area contributed by atoms with E-state index in [1.165, 1.54) is 37.9 Å².